The van der Waals surface area contributed by atoms with Crippen molar-refractivity contribution in [2.75, 3.05) is 0 Å². The van der Waals surface area contributed by atoms with E-state index in [1.54, 1.807) is 0 Å². The minimum Gasteiger partial charge on any atom is -0.236 e. The molecule has 0 radical (unpaired) electrons. The van der Waals surface area contributed by atoms with Gasteiger partial charge in [0.25, 0.3) is 0 Å². The number of fused-ring (bicyclic) bond motifs is 1. The molecule has 0 saturated carbocycles. The van der Waals surface area contributed by atoms with Gasteiger partial charge in [-0.25, -0.2) is 9.50 Å². The van der Waals surface area contributed by atoms with Crippen LogP contribution in [0.1, 0.15) is 5.69 Å². The lowest BCUT2D eigenvalue weighted by Crippen LogP contribution is -1.91. The van der Waals surface area contributed by atoms with Gasteiger partial charge in [-0.3, -0.25) is 0 Å². The van der Waals surface area contributed by atoms with Crippen molar-refractivity contribution in [3.05, 3.63) is 54.5 Å². The summed E-state index contributed by atoms with van der Waals surface area (Å²) < 4.78 is 1.82. The Bertz CT molecular complexity index is 626. The number of hydrogen-bond acceptors (Lipinski definition) is 2. The number of aromatic nitrogens is 3. The van der Waals surface area contributed by atoms with Gasteiger partial charge >= 0.3 is 0 Å². The van der Waals surface area contributed by atoms with Gasteiger partial charge in [0.05, 0.1) is 5.69 Å². The van der Waals surface area contributed by atoms with Crippen molar-refractivity contribution >= 4 is 5.65 Å². The fourth-order valence-electron chi connectivity index (χ4n) is 1.77. The predicted octanol–water partition coefficient (Wildman–Crippen LogP) is 2.70. The van der Waals surface area contributed by atoms with Crippen LogP contribution in [0.3, 0.4) is 0 Å². The summed E-state index contributed by atoms with van der Waals surface area (Å²) in [4.78, 5) is 4.38. The van der Waals surface area contributed by atoms with Crippen molar-refractivity contribution in [2.24, 2.45) is 0 Å². The Hall–Kier alpha value is -2.16. The summed E-state index contributed by atoms with van der Waals surface area (Å²) in [5.74, 6) is 0. The fraction of sp³-hybridized carbons (Fsp3) is 0.0769. The summed E-state index contributed by atoms with van der Waals surface area (Å²) >= 11 is 0. The Kier molecular flexibility index (Phi) is 1.96. The molecular formula is C13H11N3. The number of nitrogens with zero attached hydrogens (tertiary/aromatic N) is 3. The first-order valence-electron chi connectivity index (χ1n) is 5.20. The molecule has 0 N–H and O–H groups in total. The Balaban J connectivity index is 2.18. The van der Waals surface area contributed by atoms with Crippen LogP contribution in [0.2, 0.25) is 0 Å². The number of hydrogen-bond donors (Lipinski definition) is 0. The van der Waals surface area contributed by atoms with Crippen molar-refractivity contribution < 1.29 is 0 Å². The topological polar surface area (TPSA) is 30.2 Å². The second-order valence-electron chi connectivity index (χ2n) is 3.80. The Morgan fingerprint density at radius 3 is 2.69 bits per heavy atom. The van der Waals surface area contributed by atoms with Crippen LogP contribution in [0.4, 0.5) is 0 Å². The molecule has 3 heteroatoms. The molecule has 2 aromatic heterocycles. The molecule has 2 heterocycles. The van der Waals surface area contributed by atoms with E-state index in [2.05, 4.69) is 22.2 Å². The first kappa shape index (κ1) is 9.09. The average Bonchev–Trinajstić information content (AvgIpc) is 2.69. The highest BCUT2D eigenvalue weighted by Crippen LogP contribution is 2.17. The van der Waals surface area contributed by atoms with E-state index in [4.69, 9.17) is 0 Å². The maximum atomic E-state index is 4.38. The Labute approximate surface area is 93.4 Å². The number of rotatable bonds is 1. The van der Waals surface area contributed by atoms with Crippen LogP contribution in [-0.4, -0.2) is 14.6 Å². The van der Waals surface area contributed by atoms with Crippen LogP contribution in [0, 0.1) is 6.92 Å². The third kappa shape index (κ3) is 1.46. The molecule has 0 aliphatic heterocycles. The molecule has 16 heavy (non-hydrogen) atoms. The molecule has 0 bridgehead atoms. The van der Waals surface area contributed by atoms with Gasteiger partial charge in [0.2, 0.25) is 0 Å². The van der Waals surface area contributed by atoms with Crippen molar-refractivity contribution in [1.82, 2.24) is 14.6 Å². The summed E-state index contributed by atoms with van der Waals surface area (Å²) in [5.41, 5.74) is 4.11. The van der Waals surface area contributed by atoms with Gasteiger partial charge in [-0.15, -0.1) is 0 Å². The van der Waals surface area contributed by atoms with Crippen LogP contribution >= 0.6 is 0 Å². The molecule has 0 saturated heterocycles. The monoisotopic (exact) mass is 209 g/mol. The average molecular weight is 209 g/mol. The molecule has 78 valence electrons. The SMILES string of the molecule is Cc1cc2ncc(-c3ccccc3)cn2n1. The molecular weight excluding hydrogens is 198 g/mol. The van der Waals surface area contributed by atoms with E-state index in [-0.39, 0.29) is 0 Å². The van der Waals surface area contributed by atoms with E-state index in [0.29, 0.717) is 0 Å². The normalized spacial score (nSPS) is 10.8. The second kappa shape index (κ2) is 3.45. The van der Waals surface area contributed by atoms with Gasteiger partial charge in [0.15, 0.2) is 5.65 Å². The molecule has 3 nitrogen and oxygen atoms in total. The number of benzene rings is 1. The lowest BCUT2D eigenvalue weighted by molar-refractivity contribution is 0.919. The molecule has 0 aliphatic rings. The maximum Gasteiger partial charge on any atom is 0.155 e. The molecule has 0 unspecified atom stereocenters. The zero-order valence-corrected chi connectivity index (χ0v) is 8.96. The standard InChI is InChI=1S/C13H11N3/c1-10-7-13-14-8-12(9-16(13)15-10)11-5-3-2-4-6-11/h2-9H,1H3. The third-order valence-electron chi connectivity index (χ3n) is 2.54. The molecule has 0 amide bonds. The zero-order chi connectivity index (χ0) is 11.0. The van der Waals surface area contributed by atoms with Crippen LogP contribution in [0.15, 0.2) is 48.8 Å². The van der Waals surface area contributed by atoms with E-state index >= 15 is 0 Å². The van der Waals surface area contributed by atoms with Crippen molar-refractivity contribution in [2.45, 2.75) is 6.92 Å². The molecule has 0 atom stereocenters. The minimum absolute atomic E-state index is 0.886. The quantitative estimate of drug-likeness (QED) is 0.616. The van der Waals surface area contributed by atoms with Crippen LogP contribution in [-0.2, 0) is 0 Å². The summed E-state index contributed by atoms with van der Waals surface area (Å²) in [5, 5.41) is 4.35. The number of aryl methyl sites for hydroxylation is 1. The van der Waals surface area contributed by atoms with Crippen molar-refractivity contribution in [1.29, 1.82) is 0 Å². The highest BCUT2D eigenvalue weighted by molar-refractivity contribution is 5.62. The molecule has 3 aromatic rings. The minimum atomic E-state index is 0.886. The molecule has 0 fully saturated rings. The van der Waals surface area contributed by atoms with Gasteiger partial charge in [0.1, 0.15) is 0 Å². The van der Waals surface area contributed by atoms with Gasteiger partial charge < -0.3 is 0 Å². The van der Waals surface area contributed by atoms with Crippen LogP contribution < -0.4 is 0 Å². The summed E-state index contributed by atoms with van der Waals surface area (Å²) in [6.07, 6.45) is 3.89. The lowest BCUT2D eigenvalue weighted by atomic mass is 10.1. The van der Waals surface area contributed by atoms with E-state index < -0.39 is 0 Å². The van der Waals surface area contributed by atoms with E-state index in [0.717, 1.165) is 22.5 Å². The van der Waals surface area contributed by atoms with Crippen molar-refractivity contribution in [3.63, 3.8) is 0 Å². The molecule has 0 aliphatic carbocycles. The van der Waals surface area contributed by atoms with E-state index in [1.807, 2.05) is 48.1 Å². The van der Waals surface area contributed by atoms with Gasteiger partial charge in [-0.05, 0) is 12.5 Å². The van der Waals surface area contributed by atoms with Crippen LogP contribution in [0.25, 0.3) is 16.8 Å². The Morgan fingerprint density at radius 1 is 1.06 bits per heavy atom. The van der Waals surface area contributed by atoms with E-state index in [1.165, 1.54) is 0 Å². The van der Waals surface area contributed by atoms with Gasteiger partial charge in [-0.1, -0.05) is 30.3 Å². The first-order valence-corrected chi connectivity index (χ1v) is 5.20. The largest absolute Gasteiger partial charge is 0.236 e. The van der Waals surface area contributed by atoms with E-state index in [9.17, 15) is 0 Å². The van der Waals surface area contributed by atoms with Crippen LogP contribution in [0.5, 0.6) is 0 Å². The Morgan fingerprint density at radius 2 is 1.88 bits per heavy atom. The summed E-state index contributed by atoms with van der Waals surface area (Å²) in [6, 6.07) is 12.2. The highest BCUT2D eigenvalue weighted by Gasteiger charge is 2.01. The molecule has 0 spiro atoms. The van der Waals surface area contributed by atoms with Crippen molar-refractivity contribution in [3.8, 4) is 11.1 Å². The summed E-state index contributed by atoms with van der Waals surface area (Å²) in [7, 11) is 0. The third-order valence-corrected chi connectivity index (χ3v) is 2.54. The van der Waals surface area contributed by atoms with Gasteiger partial charge in [0, 0.05) is 24.0 Å². The maximum absolute atomic E-state index is 4.38. The smallest absolute Gasteiger partial charge is 0.155 e. The molecule has 3 rings (SSSR count). The predicted molar refractivity (Wildman–Crippen MR) is 63.2 cm³/mol. The molecule has 1 aromatic carbocycles. The summed E-state index contributed by atoms with van der Waals surface area (Å²) in [6.45, 7) is 1.97. The first-order chi connectivity index (χ1) is 7.83. The fourth-order valence-corrected chi connectivity index (χ4v) is 1.77. The van der Waals surface area contributed by atoms with Gasteiger partial charge in [-0.2, -0.15) is 5.10 Å². The second-order valence-corrected chi connectivity index (χ2v) is 3.80. The lowest BCUT2D eigenvalue weighted by Gasteiger charge is -2.00. The zero-order valence-electron chi connectivity index (χ0n) is 8.96. The highest BCUT2D eigenvalue weighted by atomic mass is 15.2.